The Bertz CT molecular complexity index is 1260. The van der Waals surface area contributed by atoms with Crippen molar-refractivity contribution in [3.8, 4) is 0 Å². The predicted molar refractivity (Wildman–Crippen MR) is 150 cm³/mol. The zero-order chi connectivity index (χ0) is 34.1. The summed E-state index contributed by atoms with van der Waals surface area (Å²) in [6, 6.07) is 0.224. The third-order valence-electron chi connectivity index (χ3n) is 6.47. The van der Waals surface area contributed by atoms with Gasteiger partial charge in [-0.2, -0.15) is 0 Å². The van der Waals surface area contributed by atoms with Crippen LogP contribution in [0.4, 0.5) is 0 Å². The minimum absolute atomic E-state index is 0.0200. The highest BCUT2D eigenvalue weighted by molar-refractivity contribution is 6.32. The third kappa shape index (κ3) is 12.0. The Kier molecular flexibility index (Phi) is 15.1. The zero-order valence-electron chi connectivity index (χ0n) is 25.8. The molecule has 20 nitrogen and oxygen atoms in total. The van der Waals surface area contributed by atoms with E-state index in [1.807, 2.05) is 0 Å². The molecule has 0 bridgehead atoms. The van der Waals surface area contributed by atoms with Gasteiger partial charge in [0.15, 0.2) is 6.23 Å². The van der Waals surface area contributed by atoms with Crippen LogP contribution in [0, 0.1) is 0 Å². The van der Waals surface area contributed by atoms with Crippen molar-refractivity contribution in [2.45, 2.75) is 30.9 Å². The first-order valence-electron chi connectivity index (χ1n) is 14.2. The molecular weight excluding hydrogens is 606 g/mol. The van der Waals surface area contributed by atoms with Crippen molar-refractivity contribution >= 4 is 29.7 Å². The molecule has 1 fully saturated rings. The van der Waals surface area contributed by atoms with Crippen LogP contribution in [0.3, 0.4) is 0 Å². The summed E-state index contributed by atoms with van der Waals surface area (Å²) in [4.78, 5) is 85.6. The van der Waals surface area contributed by atoms with Crippen molar-refractivity contribution < 1.29 is 53.1 Å². The summed E-state index contributed by atoms with van der Waals surface area (Å²) in [5.74, 6) is -4.32. The lowest BCUT2D eigenvalue weighted by Crippen LogP contribution is -2.47. The summed E-state index contributed by atoms with van der Waals surface area (Å²) in [6.07, 6.45) is -2.03. The van der Waals surface area contributed by atoms with Gasteiger partial charge in [-0.15, -0.1) is 0 Å². The molecule has 1 aliphatic rings. The number of aliphatic hydroxyl groups excluding tert-OH is 2. The average Bonchev–Trinajstić information content (AvgIpc) is 3.33. The monoisotopic (exact) mass is 647 g/mol. The number of hydrogen-bond acceptors (Lipinski definition) is 15. The van der Waals surface area contributed by atoms with Crippen LogP contribution in [0.2, 0.25) is 0 Å². The Morgan fingerprint density at radius 2 is 1.62 bits per heavy atom. The lowest BCUT2D eigenvalue weighted by Gasteiger charge is -2.23. The summed E-state index contributed by atoms with van der Waals surface area (Å²) in [5, 5.41) is 25.3. The van der Waals surface area contributed by atoms with Crippen LogP contribution in [0.1, 0.15) is 12.6 Å². The lowest BCUT2D eigenvalue weighted by molar-refractivity contribution is -0.152. The number of ether oxygens (including phenoxy) is 4. The van der Waals surface area contributed by atoms with E-state index in [1.54, 1.807) is 4.90 Å². The topological polar surface area (TPSA) is 269 Å². The molecule has 2 rings (SSSR count). The van der Waals surface area contributed by atoms with Crippen molar-refractivity contribution in [2.75, 3.05) is 73.4 Å². The van der Waals surface area contributed by atoms with E-state index in [1.165, 1.54) is 6.20 Å². The number of carbonyl (C=O) groups is 5. The van der Waals surface area contributed by atoms with Gasteiger partial charge in [0, 0.05) is 51.5 Å². The maximum atomic E-state index is 12.3. The number of aromatic amines is 1. The highest BCUT2D eigenvalue weighted by atomic mass is 16.6. The quantitative estimate of drug-likeness (QED) is 0.0338. The average molecular weight is 648 g/mol. The van der Waals surface area contributed by atoms with E-state index in [2.05, 4.69) is 40.8 Å². The van der Waals surface area contributed by atoms with Crippen molar-refractivity contribution in [1.29, 1.82) is 1.43 Å². The predicted octanol–water partition coefficient (Wildman–Crippen LogP) is -5.89. The number of rotatable bonds is 18. The van der Waals surface area contributed by atoms with Gasteiger partial charge in [-0.1, -0.05) is 0 Å². The Hall–Kier alpha value is -4.21. The number of H-pyrrole nitrogens is 1. The van der Waals surface area contributed by atoms with Gasteiger partial charge in [-0.25, -0.2) is 14.4 Å². The second kappa shape index (κ2) is 19.2. The molecule has 0 aromatic carbocycles. The van der Waals surface area contributed by atoms with E-state index >= 15 is 0 Å². The molecular formula is C25H39N7O13. The fraction of sp³-hybridized carbons (Fsp3) is 0.640. The summed E-state index contributed by atoms with van der Waals surface area (Å²) in [5.41, 5.74) is -1.38. The molecule has 0 aliphatic carbocycles. The van der Waals surface area contributed by atoms with Crippen LogP contribution in [0.15, 0.2) is 21.9 Å². The van der Waals surface area contributed by atoms with Crippen molar-refractivity contribution in [2.24, 2.45) is 0 Å². The molecule has 1 aromatic heterocycles. The van der Waals surface area contributed by atoms with E-state index < -0.39 is 59.5 Å². The molecule has 0 saturated carbocycles. The maximum Gasteiger partial charge on any atom is 0.396 e. The molecule has 7 N–H and O–H groups in total. The fourth-order valence-corrected chi connectivity index (χ4v) is 4.12. The molecule has 20 heteroatoms. The number of aliphatic hydroxyl groups is 2. The smallest absolute Gasteiger partial charge is 0.396 e. The largest absolute Gasteiger partial charge is 0.462 e. The highest BCUT2D eigenvalue weighted by Crippen LogP contribution is 2.28. The minimum atomic E-state index is -1.20. The van der Waals surface area contributed by atoms with Gasteiger partial charge in [0.25, 0.3) is 5.56 Å². The van der Waals surface area contributed by atoms with Gasteiger partial charge in [0.2, 0.25) is 7.34 Å². The van der Waals surface area contributed by atoms with Crippen LogP contribution < -0.4 is 32.5 Å². The van der Waals surface area contributed by atoms with Gasteiger partial charge in [-0.3, -0.25) is 38.9 Å². The molecule has 4 atom stereocenters. The van der Waals surface area contributed by atoms with E-state index in [9.17, 15) is 38.7 Å². The van der Waals surface area contributed by atoms with E-state index in [4.69, 9.17) is 10.9 Å². The number of amides is 3. The normalized spacial score (nSPS) is 19.4. The Balaban J connectivity index is 1.79. The summed E-state index contributed by atoms with van der Waals surface area (Å²) in [7, 11) is 2.14. The number of nitrogens with one attached hydrogen (secondary N) is 5. The number of esters is 2. The molecule has 1 aliphatic heterocycles. The van der Waals surface area contributed by atoms with Crippen LogP contribution in [0.5, 0.6) is 0 Å². The van der Waals surface area contributed by atoms with Crippen molar-refractivity contribution in [1.82, 2.24) is 35.7 Å². The second-order valence-corrected chi connectivity index (χ2v) is 9.46. The maximum absolute atomic E-state index is 12.3. The molecule has 1 unspecified atom stereocenters. The van der Waals surface area contributed by atoms with Gasteiger partial charge in [-0.05, 0) is 0 Å². The Labute approximate surface area is 257 Å². The molecule has 1 saturated heterocycles. The fourth-order valence-electron chi connectivity index (χ4n) is 4.12. The first-order chi connectivity index (χ1) is 22.0. The zero-order valence-corrected chi connectivity index (χ0v) is 24.8. The van der Waals surface area contributed by atoms with Crippen LogP contribution in [-0.2, 0) is 42.9 Å². The van der Waals surface area contributed by atoms with Gasteiger partial charge in [0.1, 0.15) is 12.2 Å². The van der Waals surface area contributed by atoms with E-state index in [-0.39, 0.29) is 71.5 Å². The number of hydrogen-bond donors (Lipinski definition) is 7. The van der Waals surface area contributed by atoms with Gasteiger partial charge >= 0.3 is 29.4 Å². The standard InChI is InChI=1S/C25H39N7O13/c1-42-23(39)20(37)27-6-10-31(11-7-28-21(38)24(40)43-2)9-5-26-16(34)4-12-44-14-29-18-19(36)15(13-33)45-22(18)32-8-3-17(35)30-25(32)41/h3,8,15,18-19,22,29,33,36H,4-7,9-14H2,1-2H3,(H,26,34)(H,27,37)(H,28,38)(H,30,35,41)/t15-,18+,19?,22-/m1/s1/i33T. The molecule has 0 spiro atoms. The van der Waals surface area contributed by atoms with E-state index in [0.717, 1.165) is 24.9 Å². The first-order valence-corrected chi connectivity index (χ1v) is 13.8. The Morgan fingerprint density at radius 1 is 1.02 bits per heavy atom. The minimum Gasteiger partial charge on any atom is -0.462 e. The summed E-state index contributed by atoms with van der Waals surface area (Å²) in [6.45, 7) is 0.594. The van der Waals surface area contributed by atoms with Crippen LogP contribution >= 0.6 is 0 Å². The van der Waals surface area contributed by atoms with Crippen LogP contribution in [0.25, 0.3) is 0 Å². The molecule has 0 radical (unpaired) electrons. The van der Waals surface area contributed by atoms with Gasteiger partial charge in [0.05, 0.1) is 46.6 Å². The SMILES string of the molecule is [3H]OC[C@H]1O[C@@H](n2ccc(=O)[nH]c2=O)[C@@H](NCOCCC(=O)NCCN(CCNC(=O)C(=O)OC)CCNC(=O)C(=O)OC)C1O. The number of methoxy groups -OCH3 is 2. The Morgan fingerprint density at radius 3 is 2.18 bits per heavy atom. The number of nitrogens with zero attached hydrogens (tertiary/aromatic N) is 2. The summed E-state index contributed by atoms with van der Waals surface area (Å²) >= 11 is 0. The molecule has 1 aromatic rings. The van der Waals surface area contributed by atoms with Crippen LogP contribution in [-0.4, -0.2) is 147 Å². The van der Waals surface area contributed by atoms with Crippen molar-refractivity contribution in [3.05, 3.63) is 33.1 Å². The number of carbonyl (C=O) groups excluding carboxylic acids is 5. The molecule has 45 heavy (non-hydrogen) atoms. The van der Waals surface area contributed by atoms with E-state index in [0.29, 0.717) is 0 Å². The van der Waals surface area contributed by atoms with Gasteiger partial charge < -0.3 is 45.1 Å². The molecule has 2 heterocycles. The second-order valence-electron chi connectivity index (χ2n) is 9.46. The molecule has 252 valence electrons. The highest BCUT2D eigenvalue weighted by Gasteiger charge is 2.44. The number of aromatic nitrogens is 2. The summed E-state index contributed by atoms with van der Waals surface area (Å²) < 4.78 is 27.8. The lowest BCUT2D eigenvalue weighted by atomic mass is 10.1. The van der Waals surface area contributed by atoms with Crippen molar-refractivity contribution in [3.63, 3.8) is 0 Å². The third-order valence-corrected chi connectivity index (χ3v) is 6.47. The first kappa shape index (κ1) is 35.3. The molecule has 3 amide bonds.